The quantitative estimate of drug-likeness (QED) is 0.885. The predicted octanol–water partition coefficient (Wildman–Crippen LogP) is 3.05. The molecule has 1 saturated heterocycles. The lowest BCUT2D eigenvalue weighted by Gasteiger charge is -2.29. The van der Waals surface area contributed by atoms with Gasteiger partial charge >= 0.3 is 6.03 Å². The third kappa shape index (κ3) is 5.33. The molecule has 4 rings (SSSR count). The van der Waals surface area contributed by atoms with E-state index in [1.807, 2.05) is 47.4 Å². The summed E-state index contributed by atoms with van der Waals surface area (Å²) in [5, 5.41) is 6.40. The summed E-state index contributed by atoms with van der Waals surface area (Å²) in [5.41, 5.74) is 2.66. The van der Waals surface area contributed by atoms with E-state index in [2.05, 4.69) is 28.8 Å². The first-order valence-electron chi connectivity index (χ1n) is 9.13. The van der Waals surface area contributed by atoms with Gasteiger partial charge in [0.05, 0.1) is 0 Å². The molecule has 0 bridgehead atoms. The molecule has 1 unspecified atom stereocenters. The molecule has 2 aromatic rings. The van der Waals surface area contributed by atoms with Crippen molar-refractivity contribution in [2.24, 2.45) is 5.92 Å². The van der Waals surface area contributed by atoms with E-state index in [1.165, 1.54) is 17.5 Å². The maximum Gasteiger partial charge on any atom is 0.317 e. The fourth-order valence-electron chi connectivity index (χ4n) is 3.29. The minimum Gasteiger partial charge on any atom is -0.338 e. The Hall–Kier alpha value is -2.33. The van der Waals surface area contributed by atoms with Gasteiger partial charge in [-0.05, 0) is 43.0 Å². The summed E-state index contributed by atoms with van der Waals surface area (Å²) in [5.74, 6) is 0.598. The van der Waals surface area contributed by atoms with Crippen LogP contribution in [0.3, 0.4) is 0 Å². The predicted molar refractivity (Wildman–Crippen MR) is 101 cm³/mol. The van der Waals surface area contributed by atoms with Gasteiger partial charge in [-0.1, -0.05) is 60.7 Å². The van der Waals surface area contributed by atoms with Crippen molar-refractivity contribution in [3.8, 4) is 0 Å². The van der Waals surface area contributed by atoms with E-state index in [0.29, 0.717) is 5.92 Å². The molecule has 2 aromatic carbocycles. The van der Waals surface area contributed by atoms with Crippen molar-refractivity contribution in [1.82, 2.24) is 15.5 Å². The second-order valence-corrected chi connectivity index (χ2v) is 6.64. The normalized spacial score (nSPS) is 18.7. The first kappa shape index (κ1) is 17.5. The van der Waals surface area contributed by atoms with E-state index < -0.39 is 0 Å². The Morgan fingerprint density at radius 2 is 1.72 bits per heavy atom. The fourth-order valence-corrected chi connectivity index (χ4v) is 3.29. The lowest BCUT2D eigenvalue weighted by atomic mass is 10.0. The number of hydrogen-bond acceptors (Lipinski definition) is 2. The number of benzene rings is 2. The SMILES string of the molecule is O=C(NCC1CCNC1)N1CCc2ccccc2C1.c1ccccc1. The molecule has 132 valence electrons. The monoisotopic (exact) mass is 337 g/mol. The highest BCUT2D eigenvalue weighted by Crippen LogP contribution is 2.18. The summed E-state index contributed by atoms with van der Waals surface area (Å²) in [6.07, 6.45) is 2.14. The largest absolute Gasteiger partial charge is 0.338 e. The zero-order valence-corrected chi connectivity index (χ0v) is 14.7. The van der Waals surface area contributed by atoms with Crippen molar-refractivity contribution >= 4 is 6.03 Å². The van der Waals surface area contributed by atoms with Crippen LogP contribution in [0.5, 0.6) is 0 Å². The summed E-state index contributed by atoms with van der Waals surface area (Å²) in [4.78, 5) is 14.1. The summed E-state index contributed by atoms with van der Waals surface area (Å²) in [7, 11) is 0. The summed E-state index contributed by atoms with van der Waals surface area (Å²) in [6, 6.07) is 20.5. The molecule has 2 aliphatic heterocycles. The van der Waals surface area contributed by atoms with Crippen molar-refractivity contribution in [2.75, 3.05) is 26.2 Å². The van der Waals surface area contributed by atoms with Crippen LogP contribution in [0.2, 0.25) is 0 Å². The lowest BCUT2D eigenvalue weighted by Crippen LogP contribution is -2.44. The Kier molecular flexibility index (Phi) is 6.46. The highest BCUT2D eigenvalue weighted by Gasteiger charge is 2.21. The van der Waals surface area contributed by atoms with Gasteiger partial charge in [-0.2, -0.15) is 0 Å². The van der Waals surface area contributed by atoms with Gasteiger partial charge < -0.3 is 15.5 Å². The molecule has 1 atom stereocenters. The molecule has 2 N–H and O–H groups in total. The van der Waals surface area contributed by atoms with E-state index in [9.17, 15) is 4.79 Å². The van der Waals surface area contributed by atoms with Crippen LogP contribution >= 0.6 is 0 Å². The van der Waals surface area contributed by atoms with Gasteiger partial charge in [-0.15, -0.1) is 0 Å². The molecule has 0 aromatic heterocycles. The average Bonchev–Trinajstić information content (AvgIpc) is 3.21. The molecule has 0 radical (unpaired) electrons. The summed E-state index contributed by atoms with van der Waals surface area (Å²) < 4.78 is 0. The van der Waals surface area contributed by atoms with Crippen LogP contribution in [0.1, 0.15) is 17.5 Å². The van der Waals surface area contributed by atoms with Crippen molar-refractivity contribution in [3.05, 3.63) is 71.8 Å². The van der Waals surface area contributed by atoms with Crippen LogP contribution in [0.25, 0.3) is 0 Å². The van der Waals surface area contributed by atoms with Crippen LogP contribution in [-0.4, -0.2) is 37.1 Å². The molecule has 0 saturated carbocycles. The number of urea groups is 1. The van der Waals surface area contributed by atoms with Crippen molar-refractivity contribution in [3.63, 3.8) is 0 Å². The second kappa shape index (κ2) is 9.23. The van der Waals surface area contributed by atoms with E-state index in [0.717, 1.165) is 39.1 Å². The molecule has 4 nitrogen and oxygen atoms in total. The smallest absolute Gasteiger partial charge is 0.317 e. The highest BCUT2D eigenvalue weighted by molar-refractivity contribution is 5.74. The number of amides is 2. The van der Waals surface area contributed by atoms with Crippen LogP contribution in [0.4, 0.5) is 4.79 Å². The topological polar surface area (TPSA) is 44.4 Å². The van der Waals surface area contributed by atoms with Gasteiger partial charge in [0, 0.05) is 19.6 Å². The van der Waals surface area contributed by atoms with E-state index in [4.69, 9.17) is 0 Å². The first-order valence-corrected chi connectivity index (χ1v) is 9.13. The Balaban J connectivity index is 0.000000258. The summed E-state index contributed by atoms with van der Waals surface area (Å²) >= 11 is 0. The van der Waals surface area contributed by atoms with Gasteiger partial charge in [0.25, 0.3) is 0 Å². The Morgan fingerprint density at radius 1 is 1.04 bits per heavy atom. The second-order valence-electron chi connectivity index (χ2n) is 6.64. The highest BCUT2D eigenvalue weighted by atomic mass is 16.2. The van der Waals surface area contributed by atoms with Gasteiger partial charge in [0.15, 0.2) is 0 Å². The number of rotatable bonds is 2. The van der Waals surface area contributed by atoms with Crippen LogP contribution in [-0.2, 0) is 13.0 Å². The Bertz CT molecular complexity index is 626. The Morgan fingerprint density at radius 3 is 2.36 bits per heavy atom. The first-order chi connectivity index (χ1) is 12.3. The number of carbonyl (C=O) groups excluding carboxylic acids is 1. The molecule has 2 heterocycles. The Labute approximate surface area is 150 Å². The van der Waals surface area contributed by atoms with Crippen molar-refractivity contribution in [2.45, 2.75) is 19.4 Å². The van der Waals surface area contributed by atoms with E-state index >= 15 is 0 Å². The number of nitrogens with zero attached hydrogens (tertiary/aromatic N) is 1. The molecule has 25 heavy (non-hydrogen) atoms. The molecule has 2 aliphatic rings. The average molecular weight is 337 g/mol. The third-order valence-electron chi connectivity index (χ3n) is 4.79. The van der Waals surface area contributed by atoms with Gasteiger partial charge in [-0.3, -0.25) is 0 Å². The number of fused-ring (bicyclic) bond motifs is 1. The van der Waals surface area contributed by atoms with Crippen LogP contribution < -0.4 is 10.6 Å². The van der Waals surface area contributed by atoms with Crippen molar-refractivity contribution in [1.29, 1.82) is 0 Å². The molecule has 0 aliphatic carbocycles. The molecule has 1 fully saturated rings. The maximum absolute atomic E-state index is 12.2. The molecule has 2 amide bonds. The van der Waals surface area contributed by atoms with Crippen LogP contribution in [0, 0.1) is 5.92 Å². The molecule has 4 heteroatoms. The number of hydrogen-bond donors (Lipinski definition) is 2. The minimum atomic E-state index is 0.0846. The lowest BCUT2D eigenvalue weighted by molar-refractivity contribution is 0.191. The number of nitrogens with one attached hydrogen (secondary N) is 2. The minimum absolute atomic E-state index is 0.0846. The zero-order valence-electron chi connectivity index (χ0n) is 14.7. The van der Waals surface area contributed by atoms with Gasteiger partial charge in [-0.25, -0.2) is 4.79 Å². The van der Waals surface area contributed by atoms with E-state index in [1.54, 1.807) is 0 Å². The van der Waals surface area contributed by atoms with Gasteiger partial charge in [0.2, 0.25) is 0 Å². The van der Waals surface area contributed by atoms with E-state index in [-0.39, 0.29) is 6.03 Å². The fraction of sp³-hybridized carbons (Fsp3) is 0.381. The number of carbonyl (C=O) groups is 1. The molecular weight excluding hydrogens is 310 g/mol. The van der Waals surface area contributed by atoms with Crippen LogP contribution in [0.15, 0.2) is 60.7 Å². The third-order valence-corrected chi connectivity index (χ3v) is 4.79. The molecule has 0 spiro atoms. The summed E-state index contributed by atoms with van der Waals surface area (Å²) in [6.45, 7) is 4.47. The zero-order chi connectivity index (χ0) is 17.3. The maximum atomic E-state index is 12.2. The standard InChI is InChI=1S/C15H21N3O.C6H6/c19-15(17-10-12-5-7-16-9-12)18-8-6-13-3-1-2-4-14(13)11-18;1-2-4-6-5-3-1/h1-4,12,16H,5-11H2,(H,17,19);1-6H. The van der Waals surface area contributed by atoms with Crippen molar-refractivity contribution < 1.29 is 4.79 Å². The van der Waals surface area contributed by atoms with Gasteiger partial charge in [0.1, 0.15) is 0 Å². The molecular formula is C21H27N3O.